The summed E-state index contributed by atoms with van der Waals surface area (Å²) in [5.74, 6) is 0.265. The summed E-state index contributed by atoms with van der Waals surface area (Å²) in [7, 11) is 0. The molecule has 0 aliphatic carbocycles. The fourth-order valence-corrected chi connectivity index (χ4v) is 5.75. The van der Waals surface area contributed by atoms with Crippen LogP contribution < -0.4 is 10.9 Å². The average molecular weight is 569 g/mol. The van der Waals surface area contributed by atoms with Gasteiger partial charge in [-0.3, -0.25) is 9.36 Å². The molecule has 1 aromatic heterocycles. The van der Waals surface area contributed by atoms with Crippen LogP contribution in [0.5, 0.6) is 0 Å². The first-order chi connectivity index (χ1) is 20.2. The molecule has 1 N–H and O–H groups in total. The van der Waals surface area contributed by atoms with Crippen LogP contribution in [0.15, 0.2) is 108 Å². The molecule has 0 saturated carbocycles. The summed E-state index contributed by atoms with van der Waals surface area (Å²) in [6, 6.07) is 28.7. The van der Waals surface area contributed by atoms with Crippen LogP contribution in [0.25, 0.3) is 22.0 Å². The topological polar surface area (TPSA) is 67.2 Å². The Balaban J connectivity index is 1.45. The number of aromatic nitrogens is 2. The predicted molar refractivity (Wildman–Crippen MR) is 156 cm³/mol. The molecule has 2 atom stereocenters. The molecule has 0 radical (unpaired) electrons. The number of carbonyl (C=O) groups excluding carboxylic acids is 1. The van der Waals surface area contributed by atoms with Gasteiger partial charge in [-0.25, -0.2) is 9.78 Å². The van der Waals surface area contributed by atoms with E-state index >= 15 is 0 Å². The van der Waals surface area contributed by atoms with Gasteiger partial charge in [0.05, 0.1) is 34.2 Å². The third-order valence-electron chi connectivity index (χ3n) is 7.77. The van der Waals surface area contributed by atoms with E-state index in [1.807, 2.05) is 91.9 Å². The maximum atomic E-state index is 14.2. The first kappa shape index (κ1) is 27.3. The fraction of sp³-hybridized carbons (Fsp3) is 0.182. The number of fused-ring (bicyclic) bond motifs is 2. The third kappa shape index (κ3) is 4.91. The smallest absolute Gasteiger partial charge is 0.308 e. The molecule has 212 valence electrons. The van der Waals surface area contributed by atoms with Crippen molar-refractivity contribution in [2.45, 2.75) is 38.1 Å². The molecule has 6 nitrogen and oxygen atoms in total. The number of hydrogen-bond acceptors (Lipinski definition) is 3. The van der Waals surface area contributed by atoms with E-state index in [1.54, 1.807) is 4.90 Å². The van der Waals surface area contributed by atoms with Crippen LogP contribution in [0.1, 0.15) is 42.4 Å². The Bertz CT molecular complexity index is 1820. The third-order valence-corrected chi connectivity index (χ3v) is 7.77. The van der Waals surface area contributed by atoms with Crippen molar-refractivity contribution in [3.63, 3.8) is 0 Å². The van der Waals surface area contributed by atoms with Crippen molar-refractivity contribution < 1.29 is 18.0 Å². The highest BCUT2D eigenvalue weighted by Gasteiger charge is 2.39. The van der Waals surface area contributed by atoms with Gasteiger partial charge in [-0.15, -0.1) is 0 Å². The minimum atomic E-state index is -4.70. The van der Waals surface area contributed by atoms with E-state index in [0.717, 1.165) is 22.8 Å². The highest BCUT2D eigenvalue weighted by atomic mass is 19.4. The molecule has 0 fully saturated rings. The molecule has 0 spiro atoms. The lowest BCUT2D eigenvalue weighted by molar-refractivity contribution is -0.136. The molecule has 5 aromatic rings. The van der Waals surface area contributed by atoms with E-state index in [-0.39, 0.29) is 17.9 Å². The van der Waals surface area contributed by atoms with Crippen LogP contribution in [0, 0.1) is 0 Å². The van der Waals surface area contributed by atoms with Gasteiger partial charge in [0.1, 0.15) is 5.82 Å². The molecule has 1 aliphatic heterocycles. The number of rotatable bonds is 5. The van der Waals surface area contributed by atoms with Crippen LogP contribution in [-0.4, -0.2) is 20.5 Å². The lowest BCUT2D eigenvalue weighted by Gasteiger charge is -2.34. The summed E-state index contributed by atoms with van der Waals surface area (Å²) in [4.78, 5) is 33.9. The number of hydrogen-bond donors (Lipinski definition) is 1. The SMILES string of the molecule is CC(c1ccccc1)N(C(=O)Nc1ccccc1-c1ccccc1)C1CCn2c1nc1cccc(C(F)(F)F)c1c2=O. The lowest BCUT2D eigenvalue weighted by Crippen LogP contribution is -2.40. The van der Waals surface area contributed by atoms with Crippen LogP contribution in [0.3, 0.4) is 0 Å². The summed E-state index contributed by atoms with van der Waals surface area (Å²) in [6.07, 6.45) is -4.38. The molecule has 42 heavy (non-hydrogen) atoms. The van der Waals surface area contributed by atoms with Crippen molar-refractivity contribution in [2.24, 2.45) is 0 Å². The number of urea groups is 1. The van der Waals surface area contributed by atoms with E-state index in [1.165, 1.54) is 16.7 Å². The van der Waals surface area contributed by atoms with Gasteiger partial charge in [-0.05, 0) is 42.7 Å². The van der Waals surface area contributed by atoms with Gasteiger partial charge < -0.3 is 10.2 Å². The Hall–Kier alpha value is -4.92. The molecule has 0 saturated heterocycles. The second kappa shape index (κ2) is 10.8. The molecular weight excluding hydrogens is 541 g/mol. The standard InChI is InChI=1S/C33H27F3N4O2/c1-21(22-11-4-2-5-12-22)40(32(42)38-26-17-9-8-15-24(26)23-13-6-3-7-14-23)28-19-20-39-30(28)37-27-18-10-16-25(33(34,35)36)29(27)31(39)41/h2-18,21,28H,19-20H2,1H3,(H,38,42). The zero-order valence-corrected chi connectivity index (χ0v) is 22.7. The molecule has 2 amide bonds. The van der Waals surface area contributed by atoms with Gasteiger partial charge in [0.25, 0.3) is 5.56 Å². The van der Waals surface area contributed by atoms with Crippen molar-refractivity contribution in [3.05, 3.63) is 130 Å². The average Bonchev–Trinajstić information content (AvgIpc) is 3.41. The number of para-hydroxylation sites is 1. The highest BCUT2D eigenvalue weighted by molar-refractivity contribution is 5.95. The minimum absolute atomic E-state index is 0.0462. The van der Waals surface area contributed by atoms with Crippen molar-refractivity contribution in [3.8, 4) is 11.1 Å². The van der Waals surface area contributed by atoms with Crippen LogP contribution in [0.4, 0.5) is 23.7 Å². The molecule has 9 heteroatoms. The zero-order chi connectivity index (χ0) is 29.4. The van der Waals surface area contributed by atoms with Gasteiger partial charge in [-0.1, -0.05) is 84.9 Å². The number of amides is 2. The minimum Gasteiger partial charge on any atom is -0.308 e. The second-order valence-electron chi connectivity index (χ2n) is 10.3. The van der Waals surface area contributed by atoms with Crippen LogP contribution in [-0.2, 0) is 12.7 Å². The molecule has 2 heterocycles. The summed E-state index contributed by atoms with van der Waals surface area (Å²) in [5.41, 5.74) is 1.43. The maximum Gasteiger partial charge on any atom is 0.417 e. The summed E-state index contributed by atoms with van der Waals surface area (Å²) in [6.45, 7) is 2.03. The Morgan fingerprint density at radius 3 is 2.31 bits per heavy atom. The Morgan fingerprint density at radius 2 is 1.60 bits per heavy atom. The normalized spacial score (nSPS) is 15.3. The number of benzene rings is 4. The highest BCUT2D eigenvalue weighted by Crippen LogP contribution is 2.39. The molecular formula is C33H27F3N4O2. The number of halogens is 3. The van der Waals surface area contributed by atoms with Crippen LogP contribution >= 0.6 is 0 Å². The van der Waals surface area contributed by atoms with E-state index in [0.29, 0.717) is 12.1 Å². The lowest BCUT2D eigenvalue weighted by atomic mass is 10.0. The fourth-order valence-electron chi connectivity index (χ4n) is 5.75. The maximum absolute atomic E-state index is 14.2. The van der Waals surface area contributed by atoms with Gasteiger partial charge >= 0.3 is 12.2 Å². The predicted octanol–water partition coefficient (Wildman–Crippen LogP) is 7.82. The number of alkyl halides is 3. The number of carbonyl (C=O) groups is 1. The van der Waals surface area contributed by atoms with E-state index in [4.69, 9.17) is 0 Å². The zero-order valence-electron chi connectivity index (χ0n) is 22.7. The number of anilines is 1. The van der Waals surface area contributed by atoms with Gasteiger partial charge in [-0.2, -0.15) is 13.2 Å². The number of nitrogens with one attached hydrogen (secondary N) is 1. The Kier molecular flexibility index (Phi) is 7.02. The molecule has 6 rings (SSSR count). The first-order valence-electron chi connectivity index (χ1n) is 13.6. The van der Waals surface area contributed by atoms with Crippen LogP contribution in [0.2, 0.25) is 0 Å². The molecule has 1 aliphatic rings. The molecule has 2 unspecified atom stereocenters. The summed E-state index contributed by atoms with van der Waals surface area (Å²) < 4.78 is 42.6. The largest absolute Gasteiger partial charge is 0.417 e. The first-order valence-corrected chi connectivity index (χ1v) is 13.6. The van der Waals surface area contributed by atoms with Crippen molar-refractivity contribution in [1.82, 2.24) is 14.5 Å². The molecule has 4 aromatic carbocycles. The summed E-state index contributed by atoms with van der Waals surface area (Å²) >= 11 is 0. The second-order valence-corrected chi connectivity index (χ2v) is 10.3. The van der Waals surface area contributed by atoms with Gasteiger partial charge in [0, 0.05) is 12.1 Å². The quantitative estimate of drug-likeness (QED) is 0.235. The molecule has 0 bridgehead atoms. The van der Waals surface area contributed by atoms with Gasteiger partial charge in [0.15, 0.2) is 0 Å². The number of nitrogens with zero attached hydrogens (tertiary/aromatic N) is 3. The van der Waals surface area contributed by atoms with Crippen molar-refractivity contribution >= 4 is 22.6 Å². The van der Waals surface area contributed by atoms with E-state index in [9.17, 15) is 22.8 Å². The Labute approximate surface area is 240 Å². The summed E-state index contributed by atoms with van der Waals surface area (Å²) in [5, 5.41) is 2.61. The van der Waals surface area contributed by atoms with Gasteiger partial charge in [0.2, 0.25) is 0 Å². The van der Waals surface area contributed by atoms with Crippen molar-refractivity contribution in [2.75, 3.05) is 5.32 Å². The van der Waals surface area contributed by atoms with E-state index < -0.39 is 40.8 Å². The van der Waals surface area contributed by atoms with Crippen molar-refractivity contribution in [1.29, 1.82) is 0 Å². The Morgan fingerprint density at radius 1 is 0.929 bits per heavy atom. The monoisotopic (exact) mass is 568 g/mol. The van der Waals surface area contributed by atoms with E-state index in [2.05, 4.69) is 10.3 Å².